The van der Waals surface area contributed by atoms with E-state index in [4.69, 9.17) is 0 Å². The van der Waals surface area contributed by atoms with Gasteiger partial charge >= 0.3 is 0 Å². The van der Waals surface area contributed by atoms with E-state index in [-0.39, 0.29) is 6.04 Å². The van der Waals surface area contributed by atoms with Crippen LogP contribution >= 0.6 is 15.9 Å². The van der Waals surface area contributed by atoms with Crippen LogP contribution in [0.3, 0.4) is 0 Å². The van der Waals surface area contributed by atoms with E-state index in [2.05, 4.69) is 26.0 Å². The fraction of sp³-hybridized carbons (Fsp3) is 0.455. The number of halogens is 1. The Labute approximate surface area is 111 Å². The maximum Gasteiger partial charge on any atom is 0.208 e. The third kappa shape index (κ3) is 5.63. The number of hydrogen-bond acceptors (Lipinski definition) is 3. The van der Waals surface area contributed by atoms with Crippen LogP contribution in [0.2, 0.25) is 0 Å². The van der Waals surface area contributed by atoms with Gasteiger partial charge in [-0.1, -0.05) is 34.1 Å². The molecule has 0 aliphatic carbocycles. The summed E-state index contributed by atoms with van der Waals surface area (Å²) in [6.07, 6.45) is 1.16. The van der Waals surface area contributed by atoms with Gasteiger partial charge in [0.2, 0.25) is 10.0 Å². The van der Waals surface area contributed by atoms with Gasteiger partial charge in [0.25, 0.3) is 0 Å². The van der Waals surface area contributed by atoms with Gasteiger partial charge in [-0.15, -0.1) is 0 Å². The molecule has 0 saturated carbocycles. The molecule has 1 aromatic rings. The summed E-state index contributed by atoms with van der Waals surface area (Å²) < 4.78 is 25.2. The van der Waals surface area contributed by atoms with Crippen LogP contribution < -0.4 is 10.0 Å². The summed E-state index contributed by atoms with van der Waals surface area (Å²) in [4.78, 5) is 0. The van der Waals surface area contributed by atoms with Crippen molar-refractivity contribution in [3.8, 4) is 0 Å². The van der Waals surface area contributed by atoms with Crippen LogP contribution in [0, 0.1) is 0 Å². The third-order valence-corrected chi connectivity index (χ3v) is 3.76. The van der Waals surface area contributed by atoms with Crippen molar-refractivity contribution in [2.75, 3.05) is 19.3 Å². The molecule has 0 aliphatic rings. The molecule has 0 aromatic heterocycles. The quantitative estimate of drug-likeness (QED) is 0.783. The average molecular weight is 321 g/mol. The van der Waals surface area contributed by atoms with Crippen LogP contribution in [0.15, 0.2) is 28.7 Å². The second-order valence-electron chi connectivity index (χ2n) is 3.86. The molecule has 0 spiro atoms. The lowest BCUT2D eigenvalue weighted by Gasteiger charge is -2.15. The molecule has 4 nitrogen and oxygen atoms in total. The first kappa shape index (κ1) is 14.6. The van der Waals surface area contributed by atoms with Gasteiger partial charge < -0.3 is 5.32 Å². The smallest absolute Gasteiger partial charge is 0.208 e. The van der Waals surface area contributed by atoms with Crippen molar-refractivity contribution in [3.63, 3.8) is 0 Å². The van der Waals surface area contributed by atoms with E-state index in [1.807, 2.05) is 31.2 Å². The molecule has 17 heavy (non-hydrogen) atoms. The van der Waals surface area contributed by atoms with Crippen molar-refractivity contribution < 1.29 is 8.42 Å². The van der Waals surface area contributed by atoms with Crippen molar-refractivity contribution in [1.29, 1.82) is 0 Å². The topological polar surface area (TPSA) is 58.2 Å². The summed E-state index contributed by atoms with van der Waals surface area (Å²) in [6.45, 7) is 3.03. The molecule has 96 valence electrons. The van der Waals surface area contributed by atoms with Gasteiger partial charge in [0.15, 0.2) is 0 Å². The molecule has 0 saturated heterocycles. The van der Waals surface area contributed by atoms with Crippen molar-refractivity contribution in [1.82, 2.24) is 10.0 Å². The van der Waals surface area contributed by atoms with E-state index in [0.717, 1.165) is 16.3 Å². The zero-order valence-electron chi connectivity index (χ0n) is 9.90. The fourth-order valence-electron chi connectivity index (χ4n) is 1.46. The van der Waals surface area contributed by atoms with Crippen molar-refractivity contribution in [2.45, 2.75) is 13.0 Å². The summed E-state index contributed by atoms with van der Waals surface area (Å²) in [5, 5.41) is 3.26. The Morgan fingerprint density at radius 2 is 1.94 bits per heavy atom. The van der Waals surface area contributed by atoms with E-state index < -0.39 is 10.0 Å². The van der Waals surface area contributed by atoms with Crippen molar-refractivity contribution in [2.24, 2.45) is 0 Å². The fourth-order valence-corrected chi connectivity index (χ4v) is 2.56. The number of hydrogen-bond donors (Lipinski definition) is 2. The maximum absolute atomic E-state index is 10.9. The molecule has 0 radical (unpaired) electrons. The first-order valence-electron chi connectivity index (χ1n) is 5.32. The highest BCUT2D eigenvalue weighted by atomic mass is 79.9. The molecule has 0 amide bonds. The minimum Gasteiger partial charge on any atom is -0.309 e. The van der Waals surface area contributed by atoms with Gasteiger partial charge in [-0.25, -0.2) is 13.1 Å². The Kier molecular flexibility index (Phi) is 5.58. The molecule has 1 unspecified atom stereocenters. The monoisotopic (exact) mass is 320 g/mol. The SMILES string of the molecule is CC(NCCNS(C)(=O)=O)c1ccccc1Br. The van der Waals surface area contributed by atoms with Crippen molar-refractivity contribution >= 4 is 26.0 Å². The first-order chi connectivity index (χ1) is 7.90. The zero-order chi connectivity index (χ0) is 12.9. The Morgan fingerprint density at radius 3 is 2.53 bits per heavy atom. The van der Waals surface area contributed by atoms with Gasteiger partial charge in [-0.05, 0) is 18.6 Å². The summed E-state index contributed by atoms with van der Waals surface area (Å²) in [5.74, 6) is 0. The zero-order valence-corrected chi connectivity index (χ0v) is 12.3. The third-order valence-electron chi connectivity index (χ3n) is 2.31. The highest BCUT2D eigenvalue weighted by Crippen LogP contribution is 2.22. The molecule has 0 fully saturated rings. The summed E-state index contributed by atoms with van der Waals surface area (Å²) in [6, 6.07) is 8.14. The Bertz CT molecular complexity index is 462. The molecule has 0 heterocycles. The maximum atomic E-state index is 10.9. The van der Waals surface area contributed by atoms with Crippen LogP contribution in [0.4, 0.5) is 0 Å². The van der Waals surface area contributed by atoms with Crippen LogP contribution in [0.25, 0.3) is 0 Å². The number of rotatable bonds is 6. The summed E-state index contributed by atoms with van der Waals surface area (Å²) >= 11 is 3.49. The van der Waals surface area contributed by atoms with Gasteiger partial charge in [0, 0.05) is 23.6 Å². The highest BCUT2D eigenvalue weighted by Gasteiger charge is 2.07. The van der Waals surface area contributed by atoms with Gasteiger partial charge in [-0.3, -0.25) is 0 Å². The standard InChI is InChI=1S/C11H17BrN2O2S/c1-9(10-5-3-4-6-11(10)12)13-7-8-14-17(2,15)16/h3-6,9,13-14H,7-8H2,1-2H3. The lowest BCUT2D eigenvalue weighted by Crippen LogP contribution is -2.32. The van der Waals surface area contributed by atoms with E-state index >= 15 is 0 Å². The number of sulfonamides is 1. The van der Waals surface area contributed by atoms with E-state index in [1.54, 1.807) is 0 Å². The van der Waals surface area contributed by atoms with Gasteiger partial charge in [0.05, 0.1) is 6.26 Å². The van der Waals surface area contributed by atoms with E-state index in [0.29, 0.717) is 13.1 Å². The van der Waals surface area contributed by atoms with Crippen molar-refractivity contribution in [3.05, 3.63) is 34.3 Å². The summed E-state index contributed by atoms with van der Waals surface area (Å²) in [7, 11) is -3.09. The minimum atomic E-state index is -3.09. The Balaban J connectivity index is 2.41. The predicted octanol–water partition coefficient (Wildman–Crippen LogP) is 1.65. The molecule has 6 heteroatoms. The van der Waals surface area contributed by atoms with E-state index in [9.17, 15) is 8.42 Å². The highest BCUT2D eigenvalue weighted by molar-refractivity contribution is 9.10. The van der Waals surface area contributed by atoms with Gasteiger partial charge in [-0.2, -0.15) is 0 Å². The number of nitrogens with one attached hydrogen (secondary N) is 2. The van der Waals surface area contributed by atoms with Crippen LogP contribution in [-0.2, 0) is 10.0 Å². The number of benzene rings is 1. The molecular weight excluding hydrogens is 304 g/mol. The summed E-state index contributed by atoms with van der Waals surface area (Å²) in [5.41, 5.74) is 1.16. The lowest BCUT2D eigenvalue weighted by molar-refractivity contribution is 0.555. The largest absolute Gasteiger partial charge is 0.309 e. The molecule has 0 aliphatic heterocycles. The second kappa shape index (κ2) is 6.49. The lowest BCUT2D eigenvalue weighted by atomic mass is 10.1. The van der Waals surface area contributed by atoms with E-state index in [1.165, 1.54) is 0 Å². The average Bonchev–Trinajstić information content (AvgIpc) is 2.23. The molecular formula is C11H17BrN2O2S. The molecule has 1 aromatic carbocycles. The molecule has 2 N–H and O–H groups in total. The van der Waals surface area contributed by atoms with Crippen LogP contribution in [0.1, 0.15) is 18.5 Å². The molecule has 0 bridgehead atoms. The normalized spacial score (nSPS) is 13.6. The predicted molar refractivity (Wildman–Crippen MR) is 73.4 cm³/mol. The van der Waals surface area contributed by atoms with Gasteiger partial charge in [0.1, 0.15) is 0 Å². The van der Waals surface area contributed by atoms with Crippen LogP contribution in [0.5, 0.6) is 0 Å². The van der Waals surface area contributed by atoms with Crippen LogP contribution in [-0.4, -0.2) is 27.8 Å². The minimum absolute atomic E-state index is 0.173. The molecule has 1 atom stereocenters. The Hall–Kier alpha value is -0.430. The first-order valence-corrected chi connectivity index (χ1v) is 8.01. The Morgan fingerprint density at radius 1 is 1.29 bits per heavy atom. The molecule has 1 rings (SSSR count). The second-order valence-corrected chi connectivity index (χ2v) is 6.55.